The third kappa shape index (κ3) is 3.70. The van der Waals surface area contributed by atoms with Crippen LogP contribution in [0.2, 0.25) is 0 Å². The summed E-state index contributed by atoms with van der Waals surface area (Å²) in [6, 6.07) is -0.961. The third-order valence-corrected chi connectivity index (χ3v) is 3.44. The van der Waals surface area contributed by atoms with Crippen LogP contribution in [-0.2, 0) is 14.3 Å². The minimum Gasteiger partial charge on any atom is -0.464 e. The number of nitrogens with zero attached hydrogens (tertiary/aromatic N) is 1. The van der Waals surface area contributed by atoms with Gasteiger partial charge >= 0.3 is 5.97 Å². The number of esters is 1. The zero-order valence-corrected chi connectivity index (χ0v) is 11.4. The number of ether oxygens (including phenoxy) is 1. The van der Waals surface area contributed by atoms with Gasteiger partial charge < -0.3 is 15.4 Å². The van der Waals surface area contributed by atoms with Gasteiger partial charge in [-0.15, -0.1) is 0 Å². The van der Waals surface area contributed by atoms with Crippen molar-refractivity contribution in [1.82, 2.24) is 4.90 Å². The van der Waals surface area contributed by atoms with E-state index in [1.54, 1.807) is 11.8 Å². The first-order valence-corrected chi connectivity index (χ1v) is 6.84. The molecular formula is C13H24N2O3. The number of hydrogen-bond donors (Lipinski definition) is 1. The van der Waals surface area contributed by atoms with Crippen LogP contribution in [0.15, 0.2) is 0 Å². The van der Waals surface area contributed by atoms with Crippen molar-refractivity contribution in [1.29, 1.82) is 0 Å². The van der Waals surface area contributed by atoms with Crippen LogP contribution in [0, 0.1) is 0 Å². The first-order chi connectivity index (χ1) is 8.61. The molecule has 0 aliphatic carbocycles. The molecule has 0 spiro atoms. The average Bonchev–Trinajstić information content (AvgIpc) is 2.62. The molecule has 5 nitrogen and oxygen atoms in total. The standard InChI is InChI=1S/C13H24N2O3/c1-3-10-8-6-5-7-9-15(10)12(16)11(14)13(17)18-4-2/h10-11H,3-9,14H2,1-2H3. The molecule has 1 aliphatic heterocycles. The van der Waals surface area contributed by atoms with Crippen LogP contribution in [0.25, 0.3) is 0 Å². The lowest BCUT2D eigenvalue weighted by atomic mass is 10.1. The lowest BCUT2D eigenvalue weighted by Gasteiger charge is -2.30. The minimum atomic E-state index is -1.17. The van der Waals surface area contributed by atoms with E-state index in [9.17, 15) is 9.59 Å². The van der Waals surface area contributed by atoms with E-state index in [0.717, 1.165) is 32.1 Å². The number of likely N-dealkylation sites (tertiary alicyclic amines) is 1. The monoisotopic (exact) mass is 256 g/mol. The van der Waals surface area contributed by atoms with E-state index >= 15 is 0 Å². The Bertz CT molecular complexity index is 294. The van der Waals surface area contributed by atoms with Gasteiger partial charge in [-0.2, -0.15) is 0 Å². The van der Waals surface area contributed by atoms with Gasteiger partial charge in [0.05, 0.1) is 6.61 Å². The van der Waals surface area contributed by atoms with Crippen molar-refractivity contribution in [2.45, 2.75) is 58.0 Å². The Hall–Kier alpha value is -1.10. The van der Waals surface area contributed by atoms with E-state index in [0.29, 0.717) is 6.54 Å². The number of nitrogens with two attached hydrogens (primary N) is 1. The molecule has 0 aromatic rings. The van der Waals surface area contributed by atoms with Gasteiger partial charge in [-0.3, -0.25) is 4.79 Å². The third-order valence-electron chi connectivity index (χ3n) is 3.44. The van der Waals surface area contributed by atoms with Gasteiger partial charge in [-0.1, -0.05) is 19.8 Å². The molecule has 1 amide bonds. The summed E-state index contributed by atoms with van der Waals surface area (Å²) in [5, 5.41) is 0. The van der Waals surface area contributed by atoms with Gasteiger partial charge in [0.25, 0.3) is 5.91 Å². The summed E-state index contributed by atoms with van der Waals surface area (Å²) >= 11 is 0. The molecule has 1 heterocycles. The van der Waals surface area contributed by atoms with Crippen molar-refractivity contribution >= 4 is 11.9 Å². The fraction of sp³-hybridized carbons (Fsp3) is 0.846. The predicted octanol–water partition coefficient (Wildman–Crippen LogP) is 1.06. The van der Waals surface area contributed by atoms with Crippen LogP contribution in [0.5, 0.6) is 0 Å². The number of hydrogen-bond acceptors (Lipinski definition) is 4. The Kier molecular flexibility index (Phi) is 6.12. The van der Waals surface area contributed by atoms with E-state index in [2.05, 4.69) is 6.92 Å². The summed E-state index contributed by atoms with van der Waals surface area (Å²) in [5.41, 5.74) is 5.68. The molecule has 2 N–H and O–H groups in total. The maximum absolute atomic E-state index is 12.2. The van der Waals surface area contributed by atoms with E-state index < -0.39 is 12.0 Å². The lowest BCUT2D eigenvalue weighted by Crippen LogP contribution is -2.52. The zero-order chi connectivity index (χ0) is 13.5. The molecule has 18 heavy (non-hydrogen) atoms. The highest BCUT2D eigenvalue weighted by Gasteiger charge is 2.32. The summed E-state index contributed by atoms with van der Waals surface area (Å²) in [7, 11) is 0. The Morgan fingerprint density at radius 2 is 2.06 bits per heavy atom. The van der Waals surface area contributed by atoms with Crippen LogP contribution in [0.4, 0.5) is 0 Å². The van der Waals surface area contributed by atoms with Gasteiger partial charge in [0.1, 0.15) is 0 Å². The molecule has 0 radical (unpaired) electrons. The summed E-state index contributed by atoms with van der Waals surface area (Å²) < 4.78 is 4.80. The molecule has 2 atom stereocenters. The fourth-order valence-corrected chi connectivity index (χ4v) is 2.40. The van der Waals surface area contributed by atoms with Crippen LogP contribution in [0.3, 0.4) is 0 Å². The molecule has 0 aromatic carbocycles. The number of rotatable bonds is 4. The van der Waals surface area contributed by atoms with Gasteiger partial charge in [0.2, 0.25) is 0 Å². The summed E-state index contributed by atoms with van der Waals surface area (Å²) in [4.78, 5) is 25.5. The molecule has 1 aliphatic rings. The molecule has 5 heteroatoms. The van der Waals surface area contributed by atoms with E-state index in [1.165, 1.54) is 0 Å². The Balaban J connectivity index is 2.69. The van der Waals surface area contributed by atoms with Crippen molar-refractivity contribution in [2.75, 3.05) is 13.2 Å². The van der Waals surface area contributed by atoms with Gasteiger partial charge in [0, 0.05) is 12.6 Å². The highest BCUT2D eigenvalue weighted by molar-refractivity contribution is 6.01. The van der Waals surface area contributed by atoms with Crippen molar-refractivity contribution < 1.29 is 14.3 Å². The Labute approximate surface area is 109 Å². The van der Waals surface area contributed by atoms with E-state index in [1.807, 2.05) is 0 Å². The minimum absolute atomic E-state index is 0.209. The van der Waals surface area contributed by atoms with Crippen LogP contribution < -0.4 is 5.73 Å². The quantitative estimate of drug-likeness (QED) is 0.603. The van der Waals surface area contributed by atoms with Gasteiger partial charge in [0.15, 0.2) is 6.04 Å². The molecule has 1 saturated heterocycles. The maximum Gasteiger partial charge on any atom is 0.332 e. The molecule has 0 aromatic heterocycles. The first-order valence-electron chi connectivity index (χ1n) is 6.84. The van der Waals surface area contributed by atoms with Crippen LogP contribution in [-0.4, -0.2) is 42.0 Å². The maximum atomic E-state index is 12.2. The number of carbonyl (C=O) groups is 2. The molecule has 0 bridgehead atoms. The van der Waals surface area contributed by atoms with Crippen LogP contribution >= 0.6 is 0 Å². The largest absolute Gasteiger partial charge is 0.464 e. The second-order valence-electron chi connectivity index (χ2n) is 4.67. The highest BCUT2D eigenvalue weighted by Crippen LogP contribution is 2.19. The highest BCUT2D eigenvalue weighted by atomic mass is 16.5. The molecule has 2 unspecified atom stereocenters. The van der Waals surface area contributed by atoms with Crippen molar-refractivity contribution in [3.05, 3.63) is 0 Å². The Morgan fingerprint density at radius 1 is 1.33 bits per heavy atom. The van der Waals surface area contributed by atoms with Crippen molar-refractivity contribution in [3.63, 3.8) is 0 Å². The smallest absolute Gasteiger partial charge is 0.332 e. The summed E-state index contributed by atoms with van der Waals surface area (Å²) in [6.07, 6.45) is 5.16. The van der Waals surface area contributed by atoms with E-state index in [4.69, 9.17) is 10.5 Å². The molecule has 1 fully saturated rings. The zero-order valence-electron chi connectivity index (χ0n) is 11.4. The second kappa shape index (κ2) is 7.36. The van der Waals surface area contributed by atoms with Gasteiger partial charge in [-0.25, -0.2) is 4.79 Å². The van der Waals surface area contributed by atoms with Crippen molar-refractivity contribution in [3.8, 4) is 0 Å². The van der Waals surface area contributed by atoms with Crippen LogP contribution in [0.1, 0.15) is 46.0 Å². The molecule has 1 rings (SSSR count). The topological polar surface area (TPSA) is 72.6 Å². The SMILES string of the molecule is CCOC(=O)C(N)C(=O)N1CCCCCC1CC. The molecule has 0 saturated carbocycles. The number of amides is 1. The summed E-state index contributed by atoms with van der Waals surface area (Å²) in [5.74, 6) is -0.913. The first kappa shape index (κ1) is 15.0. The molecule has 104 valence electrons. The number of carbonyl (C=O) groups excluding carboxylic acids is 2. The summed E-state index contributed by atoms with van der Waals surface area (Å²) in [6.45, 7) is 4.71. The van der Waals surface area contributed by atoms with Gasteiger partial charge in [-0.05, 0) is 26.2 Å². The lowest BCUT2D eigenvalue weighted by molar-refractivity contribution is -0.151. The Morgan fingerprint density at radius 3 is 2.67 bits per heavy atom. The average molecular weight is 256 g/mol. The van der Waals surface area contributed by atoms with E-state index in [-0.39, 0.29) is 18.6 Å². The fourth-order valence-electron chi connectivity index (χ4n) is 2.40. The molecular weight excluding hydrogens is 232 g/mol. The predicted molar refractivity (Wildman–Crippen MR) is 68.9 cm³/mol. The van der Waals surface area contributed by atoms with Crippen molar-refractivity contribution in [2.24, 2.45) is 5.73 Å². The normalized spacial score (nSPS) is 22.2. The second-order valence-corrected chi connectivity index (χ2v) is 4.67.